The van der Waals surface area contributed by atoms with E-state index in [0.29, 0.717) is 6.04 Å². The maximum atomic E-state index is 3.56. The summed E-state index contributed by atoms with van der Waals surface area (Å²) in [5.74, 6) is 0. The predicted octanol–water partition coefficient (Wildman–Crippen LogP) is 2.27. The SMILES string of the molecule is CCC1CN[C@H](C)C(CC)S1. The first-order valence-corrected chi connectivity index (χ1v) is 5.61. The maximum Gasteiger partial charge on any atom is 0.0199 e. The van der Waals surface area contributed by atoms with Gasteiger partial charge in [0.05, 0.1) is 0 Å². The Morgan fingerprint density at radius 2 is 2.09 bits per heavy atom. The molecule has 0 aromatic heterocycles. The molecule has 0 bridgehead atoms. The molecule has 1 nitrogen and oxygen atoms in total. The molecule has 3 atom stereocenters. The third-order valence-corrected chi connectivity index (χ3v) is 4.43. The fraction of sp³-hybridized carbons (Fsp3) is 1.00. The Kier molecular flexibility index (Phi) is 3.73. The lowest BCUT2D eigenvalue weighted by atomic mass is 10.1. The van der Waals surface area contributed by atoms with Gasteiger partial charge < -0.3 is 5.32 Å². The maximum absolute atomic E-state index is 3.56. The normalized spacial score (nSPS) is 39.0. The van der Waals surface area contributed by atoms with Crippen molar-refractivity contribution in [2.45, 2.75) is 50.2 Å². The van der Waals surface area contributed by atoms with Gasteiger partial charge in [-0.1, -0.05) is 13.8 Å². The summed E-state index contributed by atoms with van der Waals surface area (Å²) in [5, 5.41) is 5.26. The lowest BCUT2D eigenvalue weighted by molar-refractivity contribution is 0.490. The van der Waals surface area contributed by atoms with Gasteiger partial charge in [-0.05, 0) is 19.8 Å². The molecule has 1 N–H and O–H groups in total. The lowest BCUT2D eigenvalue weighted by Gasteiger charge is -2.33. The number of rotatable bonds is 2. The van der Waals surface area contributed by atoms with Crippen LogP contribution >= 0.6 is 11.8 Å². The van der Waals surface area contributed by atoms with E-state index in [0.717, 1.165) is 10.5 Å². The van der Waals surface area contributed by atoms with Crippen LogP contribution in [0.5, 0.6) is 0 Å². The van der Waals surface area contributed by atoms with Gasteiger partial charge in [-0.2, -0.15) is 11.8 Å². The van der Waals surface area contributed by atoms with Gasteiger partial charge in [0.15, 0.2) is 0 Å². The molecule has 0 saturated carbocycles. The Hall–Kier alpha value is 0.310. The van der Waals surface area contributed by atoms with Crippen molar-refractivity contribution >= 4 is 11.8 Å². The molecule has 0 radical (unpaired) electrons. The van der Waals surface area contributed by atoms with E-state index in [9.17, 15) is 0 Å². The molecule has 1 aliphatic rings. The molecule has 2 heteroatoms. The highest BCUT2D eigenvalue weighted by molar-refractivity contribution is 8.00. The molecule has 0 aromatic carbocycles. The summed E-state index contributed by atoms with van der Waals surface area (Å²) in [5.41, 5.74) is 0. The van der Waals surface area contributed by atoms with E-state index in [1.54, 1.807) is 0 Å². The van der Waals surface area contributed by atoms with Gasteiger partial charge >= 0.3 is 0 Å². The van der Waals surface area contributed by atoms with E-state index in [2.05, 4.69) is 37.8 Å². The van der Waals surface area contributed by atoms with Crippen molar-refractivity contribution in [3.63, 3.8) is 0 Å². The van der Waals surface area contributed by atoms with Gasteiger partial charge in [-0.25, -0.2) is 0 Å². The zero-order chi connectivity index (χ0) is 8.27. The molecule has 1 rings (SSSR count). The molecule has 11 heavy (non-hydrogen) atoms. The van der Waals surface area contributed by atoms with Gasteiger partial charge in [0.25, 0.3) is 0 Å². The summed E-state index contributed by atoms with van der Waals surface area (Å²) in [4.78, 5) is 0. The molecule has 1 fully saturated rings. The van der Waals surface area contributed by atoms with Gasteiger partial charge in [0.1, 0.15) is 0 Å². The molecule has 0 aliphatic carbocycles. The minimum atomic E-state index is 0.716. The van der Waals surface area contributed by atoms with Crippen LogP contribution in [0, 0.1) is 0 Å². The van der Waals surface area contributed by atoms with Crippen LogP contribution in [-0.4, -0.2) is 23.1 Å². The minimum Gasteiger partial charge on any atom is -0.312 e. The highest BCUT2D eigenvalue weighted by atomic mass is 32.2. The van der Waals surface area contributed by atoms with Gasteiger partial charge in [-0.15, -0.1) is 0 Å². The number of nitrogens with one attached hydrogen (secondary N) is 1. The van der Waals surface area contributed by atoms with Crippen LogP contribution in [0.4, 0.5) is 0 Å². The van der Waals surface area contributed by atoms with E-state index >= 15 is 0 Å². The first-order chi connectivity index (χ1) is 5.27. The van der Waals surface area contributed by atoms with Crippen LogP contribution in [0.1, 0.15) is 33.6 Å². The topological polar surface area (TPSA) is 12.0 Å². The molecule has 1 heterocycles. The first-order valence-electron chi connectivity index (χ1n) is 4.66. The summed E-state index contributed by atoms with van der Waals surface area (Å²) in [6.45, 7) is 8.07. The van der Waals surface area contributed by atoms with Crippen molar-refractivity contribution in [1.29, 1.82) is 0 Å². The van der Waals surface area contributed by atoms with E-state index in [1.807, 2.05) is 0 Å². The first kappa shape index (κ1) is 9.40. The summed E-state index contributed by atoms with van der Waals surface area (Å²) in [6, 6.07) is 0.716. The molecular formula is C9H19NS. The van der Waals surface area contributed by atoms with E-state index in [-0.39, 0.29) is 0 Å². The summed E-state index contributed by atoms with van der Waals surface area (Å²) in [6.07, 6.45) is 2.61. The van der Waals surface area contributed by atoms with Crippen molar-refractivity contribution in [3.05, 3.63) is 0 Å². The second-order valence-electron chi connectivity index (χ2n) is 3.31. The molecule has 0 aromatic rings. The van der Waals surface area contributed by atoms with Crippen LogP contribution in [0.2, 0.25) is 0 Å². The Bertz CT molecular complexity index is 116. The summed E-state index contributed by atoms with van der Waals surface area (Å²) >= 11 is 2.18. The van der Waals surface area contributed by atoms with Crippen molar-refractivity contribution < 1.29 is 0 Å². The number of thioether (sulfide) groups is 1. The van der Waals surface area contributed by atoms with Gasteiger partial charge in [-0.3, -0.25) is 0 Å². The predicted molar refractivity (Wildman–Crippen MR) is 53.2 cm³/mol. The average molecular weight is 173 g/mol. The Balaban J connectivity index is 2.37. The molecule has 66 valence electrons. The van der Waals surface area contributed by atoms with E-state index in [4.69, 9.17) is 0 Å². The van der Waals surface area contributed by atoms with Crippen molar-refractivity contribution in [2.75, 3.05) is 6.54 Å². The van der Waals surface area contributed by atoms with Crippen molar-refractivity contribution in [3.8, 4) is 0 Å². The monoisotopic (exact) mass is 173 g/mol. The standard InChI is InChI=1S/C9H19NS/c1-4-8-6-10-7(3)9(5-2)11-8/h7-10H,4-6H2,1-3H3/t7-,8?,9?/m1/s1. The highest BCUT2D eigenvalue weighted by Crippen LogP contribution is 2.28. The third-order valence-electron chi connectivity index (χ3n) is 2.45. The van der Waals surface area contributed by atoms with Gasteiger partial charge in [0.2, 0.25) is 0 Å². The molecule has 1 aliphatic heterocycles. The Morgan fingerprint density at radius 3 is 2.64 bits per heavy atom. The molecule has 0 spiro atoms. The van der Waals surface area contributed by atoms with Crippen LogP contribution in [0.3, 0.4) is 0 Å². The fourth-order valence-corrected chi connectivity index (χ4v) is 2.96. The highest BCUT2D eigenvalue weighted by Gasteiger charge is 2.24. The molecule has 2 unspecified atom stereocenters. The number of hydrogen-bond donors (Lipinski definition) is 1. The Labute approximate surface area is 74.3 Å². The second-order valence-corrected chi connectivity index (χ2v) is 4.85. The molecular weight excluding hydrogens is 154 g/mol. The molecule has 0 amide bonds. The van der Waals surface area contributed by atoms with Crippen LogP contribution in [-0.2, 0) is 0 Å². The average Bonchev–Trinajstić information content (AvgIpc) is 2.05. The minimum absolute atomic E-state index is 0.716. The number of hydrogen-bond acceptors (Lipinski definition) is 2. The second kappa shape index (κ2) is 4.36. The van der Waals surface area contributed by atoms with Crippen molar-refractivity contribution in [1.82, 2.24) is 5.32 Å². The lowest BCUT2D eigenvalue weighted by Crippen LogP contribution is -2.45. The van der Waals surface area contributed by atoms with E-state index < -0.39 is 0 Å². The largest absolute Gasteiger partial charge is 0.312 e. The third kappa shape index (κ3) is 2.38. The summed E-state index contributed by atoms with van der Waals surface area (Å²) < 4.78 is 0. The van der Waals surface area contributed by atoms with Crippen LogP contribution in [0.25, 0.3) is 0 Å². The smallest absolute Gasteiger partial charge is 0.0199 e. The summed E-state index contributed by atoms with van der Waals surface area (Å²) in [7, 11) is 0. The van der Waals surface area contributed by atoms with Crippen molar-refractivity contribution in [2.24, 2.45) is 0 Å². The van der Waals surface area contributed by atoms with Crippen LogP contribution < -0.4 is 5.32 Å². The van der Waals surface area contributed by atoms with Gasteiger partial charge in [0, 0.05) is 23.1 Å². The zero-order valence-electron chi connectivity index (χ0n) is 7.76. The zero-order valence-corrected chi connectivity index (χ0v) is 8.58. The fourth-order valence-electron chi connectivity index (χ4n) is 1.55. The quantitative estimate of drug-likeness (QED) is 0.687. The molecule has 1 saturated heterocycles. The Morgan fingerprint density at radius 1 is 1.36 bits per heavy atom. The van der Waals surface area contributed by atoms with Crippen LogP contribution in [0.15, 0.2) is 0 Å². The van der Waals surface area contributed by atoms with E-state index in [1.165, 1.54) is 19.4 Å².